The van der Waals surface area contributed by atoms with Crippen molar-refractivity contribution >= 4 is 16.0 Å². The molecule has 1 aliphatic carbocycles. The Balaban J connectivity index is 2.49. The standard InChI is InChI=1S/C10H20N2O4S/c1-6(2)9(11)10(13)12-7-3-4-8(5-7)17(14,15)16/h6-9H,3-5,11H2,1-2H3,(H,12,13)(H,14,15,16). The number of rotatable bonds is 4. The van der Waals surface area contributed by atoms with Crippen molar-refractivity contribution in [3.63, 3.8) is 0 Å². The van der Waals surface area contributed by atoms with E-state index >= 15 is 0 Å². The minimum Gasteiger partial charge on any atom is -0.352 e. The van der Waals surface area contributed by atoms with Crippen LogP contribution in [0.5, 0.6) is 0 Å². The zero-order chi connectivity index (χ0) is 13.2. The van der Waals surface area contributed by atoms with Gasteiger partial charge in [-0.25, -0.2) is 0 Å². The van der Waals surface area contributed by atoms with E-state index in [1.165, 1.54) is 0 Å². The lowest BCUT2D eigenvalue weighted by atomic mass is 10.0. The largest absolute Gasteiger partial charge is 0.352 e. The first kappa shape index (κ1) is 14.4. The molecule has 100 valence electrons. The summed E-state index contributed by atoms with van der Waals surface area (Å²) in [6.45, 7) is 3.69. The lowest BCUT2D eigenvalue weighted by molar-refractivity contribution is -0.123. The van der Waals surface area contributed by atoms with E-state index < -0.39 is 21.4 Å². The minimum absolute atomic E-state index is 0.0359. The highest BCUT2D eigenvalue weighted by Crippen LogP contribution is 2.24. The topological polar surface area (TPSA) is 109 Å². The first-order valence-electron chi connectivity index (χ1n) is 5.74. The Morgan fingerprint density at radius 2 is 2.00 bits per heavy atom. The first-order chi connectivity index (χ1) is 7.71. The summed E-state index contributed by atoms with van der Waals surface area (Å²) in [7, 11) is -3.99. The van der Waals surface area contributed by atoms with Gasteiger partial charge in [-0.2, -0.15) is 8.42 Å². The summed E-state index contributed by atoms with van der Waals surface area (Å²) in [5, 5.41) is 1.96. The summed E-state index contributed by atoms with van der Waals surface area (Å²) >= 11 is 0. The summed E-state index contributed by atoms with van der Waals surface area (Å²) in [5.74, 6) is -0.227. The van der Waals surface area contributed by atoms with Crippen LogP contribution in [-0.2, 0) is 14.9 Å². The van der Waals surface area contributed by atoms with Crippen molar-refractivity contribution in [2.75, 3.05) is 0 Å². The van der Waals surface area contributed by atoms with E-state index in [9.17, 15) is 13.2 Å². The monoisotopic (exact) mass is 264 g/mol. The predicted octanol–water partition coefficient (Wildman–Crippen LogP) is -0.105. The van der Waals surface area contributed by atoms with Crippen LogP contribution >= 0.6 is 0 Å². The third-order valence-corrected chi connectivity index (χ3v) is 4.44. The van der Waals surface area contributed by atoms with Crippen molar-refractivity contribution in [1.82, 2.24) is 5.32 Å². The average molecular weight is 264 g/mol. The number of nitrogens with one attached hydrogen (secondary N) is 1. The number of carbonyl (C=O) groups is 1. The second-order valence-electron chi connectivity index (χ2n) is 4.93. The van der Waals surface area contributed by atoms with Crippen molar-refractivity contribution < 1.29 is 17.8 Å². The molecule has 0 aromatic rings. The maximum absolute atomic E-state index is 11.6. The Labute approximate surface area is 102 Å². The molecule has 1 rings (SSSR count). The van der Waals surface area contributed by atoms with Crippen molar-refractivity contribution in [2.24, 2.45) is 11.7 Å². The van der Waals surface area contributed by atoms with Crippen LogP contribution in [0.1, 0.15) is 33.1 Å². The molecule has 0 spiro atoms. The molecule has 0 aliphatic heterocycles. The summed E-state index contributed by atoms with van der Waals surface area (Å²) in [6, 6.07) is -0.793. The molecule has 7 heteroatoms. The van der Waals surface area contributed by atoms with Crippen LogP contribution in [0.3, 0.4) is 0 Å². The maximum Gasteiger partial charge on any atom is 0.267 e. The van der Waals surface area contributed by atoms with E-state index in [2.05, 4.69) is 5.32 Å². The highest BCUT2D eigenvalue weighted by molar-refractivity contribution is 7.86. The molecule has 1 fully saturated rings. The molecule has 4 N–H and O–H groups in total. The first-order valence-corrected chi connectivity index (χ1v) is 7.24. The number of nitrogens with two attached hydrogens (primary N) is 1. The number of hydrogen-bond acceptors (Lipinski definition) is 4. The van der Waals surface area contributed by atoms with Gasteiger partial charge < -0.3 is 11.1 Å². The van der Waals surface area contributed by atoms with Crippen LogP contribution in [0, 0.1) is 5.92 Å². The molecule has 0 saturated heterocycles. The third-order valence-electron chi connectivity index (χ3n) is 3.17. The molecular formula is C10H20N2O4S. The van der Waals surface area contributed by atoms with Crippen molar-refractivity contribution in [1.29, 1.82) is 0 Å². The zero-order valence-corrected chi connectivity index (χ0v) is 10.9. The quantitative estimate of drug-likeness (QED) is 0.614. The Hall–Kier alpha value is -0.660. The summed E-state index contributed by atoms with van der Waals surface area (Å²) in [6.07, 6.45) is 1.19. The molecule has 6 nitrogen and oxygen atoms in total. The van der Waals surface area contributed by atoms with Gasteiger partial charge in [0, 0.05) is 6.04 Å². The van der Waals surface area contributed by atoms with Crippen LogP contribution in [-0.4, -0.2) is 36.2 Å². The Morgan fingerprint density at radius 1 is 1.41 bits per heavy atom. The Morgan fingerprint density at radius 3 is 2.41 bits per heavy atom. The van der Waals surface area contributed by atoms with Gasteiger partial charge in [-0.15, -0.1) is 0 Å². The summed E-state index contributed by atoms with van der Waals surface area (Å²) in [5.41, 5.74) is 5.68. The molecule has 0 radical (unpaired) electrons. The van der Waals surface area contributed by atoms with Gasteiger partial charge in [-0.1, -0.05) is 13.8 Å². The number of amides is 1. The van der Waals surface area contributed by atoms with Crippen molar-refractivity contribution in [3.8, 4) is 0 Å². The second-order valence-corrected chi connectivity index (χ2v) is 6.62. The maximum atomic E-state index is 11.6. The van der Waals surface area contributed by atoms with E-state index in [0.717, 1.165) is 0 Å². The fourth-order valence-corrected chi connectivity index (χ4v) is 2.85. The van der Waals surface area contributed by atoms with Crippen molar-refractivity contribution in [2.45, 2.75) is 50.4 Å². The molecule has 1 aliphatic rings. The Kier molecular flexibility index (Phi) is 4.51. The van der Waals surface area contributed by atoms with Gasteiger partial charge in [0.1, 0.15) is 0 Å². The average Bonchev–Trinajstić information content (AvgIpc) is 2.64. The molecule has 0 bridgehead atoms. The highest BCUT2D eigenvalue weighted by atomic mass is 32.2. The van der Waals surface area contributed by atoms with Gasteiger partial charge in [0.25, 0.3) is 10.1 Å². The van der Waals surface area contributed by atoms with E-state index in [1.807, 2.05) is 13.8 Å². The fourth-order valence-electron chi connectivity index (χ4n) is 1.94. The van der Waals surface area contributed by atoms with Crippen molar-refractivity contribution in [3.05, 3.63) is 0 Å². The Bertz CT molecular complexity index is 380. The highest BCUT2D eigenvalue weighted by Gasteiger charge is 2.34. The van der Waals surface area contributed by atoms with E-state index in [0.29, 0.717) is 12.8 Å². The van der Waals surface area contributed by atoms with Crippen LogP contribution in [0.4, 0.5) is 0 Å². The van der Waals surface area contributed by atoms with Gasteiger partial charge in [0.2, 0.25) is 5.91 Å². The molecule has 1 saturated carbocycles. The van der Waals surface area contributed by atoms with E-state index in [-0.39, 0.29) is 24.3 Å². The summed E-state index contributed by atoms with van der Waals surface area (Å²) < 4.78 is 30.8. The van der Waals surface area contributed by atoms with Crippen LogP contribution in [0.25, 0.3) is 0 Å². The van der Waals surface area contributed by atoms with E-state index in [4.69, 9.17) is 10.3 Å². The minimum atomic E-state index is -3.99. The lowest BCUT2D eigenvalue weighted by Crippen LogP contribution is -2.47. The summed E-state index contributed by atoms with van der Waals surface area (Å²) in [4.78, 5) is 11.6. The van der Waals surface area contributed by atoms with Gasteiger partial charge >= 0.3 is 0 Å². The van der Waals surface area contributed by atoms with Gasteiger partial charge in [0.05, 0.1) is 11.3 Å². The number of hydrogen-bond donors (Lipinski definition) is 3. The fraction of sp³-hybridized carbons (Fsp3) is 0.900. The predicted molar refractivity (Wildman–Crippen MR) is 63.9 cm³/mol. The molecular weight excluding hydrogens is 244 g/mol. The third kappa shape index (κ3) is 3.93. The second kappa shape index (κ2) is 5.32. The van der Waals surface area contributed by atoms with E-state index in [1.54, 1.807) is 0 Å². The SMILES string of the molecule is CC(C)C(N)C(=O)NC1CCC(S(=O)(=O)O)C1. The molecule has 17 heavy (non-hydrogen) atoms. The van der Waals surface area contributed by atoms with Gasteiger partial charge in [0.15, 0.2) is 0 Å². The lowest BCUT2D eigenvalue weighted by Gasteiger charge is -2.19. The van der Waals surface area contributed by atoms with Crippen LogP contribution in [0.2, 0.25) is 0 Å². The molecule has 0 aromatic heterocycles. The molecule has 3 atom stereocenters. The zero-order valence-electron chi connectivity index (χ0n) is 10.1. The van der Waals surface area contributed by atoms with Gasteiger partial charge in [-0.3, -0.25) is 9.35 Å². The molecule has 0 aromatic carbocycles. The van der Waals surface area contributed by atoms with Crippen LogP contribution < -0.4 is 11.1 Å². The number of carbonyl (C=O) groups excluding carboxylic acids is 1. The molecule has 3 unspecified atom stereocenters. The smallest absolute Gasteiger partial charge is 0.267 e. The molecule has 0 heterocycles. The normalized spacial score (nSPS) is 27.1. The van der Waals surface area contributed by atoms with Crippen LogP contribution in [0.15, 0.2) is 0 Å². The molecule has 1 amide bonds. The van der Waals surface area contributed by atoms with Gasteiger partial charge in [-0.05, 0) is 25.2 Å².